The molecule has 1 aromatic rings. The number of ether oxygens (including phenoxy) is 1. The molecule has 0 atom stereocenters. The van der Waals surface area contributed by atoms with Gasteiger partial charge in [0.05, 0.1) is 4.92 Å². The standard InChI is InChI=1S/C10H9NO5/c1-2-10(13)16-9-4-3-7(6-12)5-8(9)11(14)15/h3-6H,2H2,1H3. The monoisotopic (exact) mass is 223 g/mol. The number of esters is 1. The van der Waals surface area contributed by atoms with Gasteiger partial charge in [-0.05, 0) is 12.1 Å². The van der Waals surface area contributed by atoms with E-state index in [0.29, 0.717) is 6.29 Å². The minimum Gasteiger partial charge on any atom is -0.419 e. The first-order valence-corrected chi connectivity index (χ1v) is 4.52. The molecule has 1 rings (SSSR count). The minimum absolute atomic E-state index is 0.118. The fourth-order valence-corrected chi connectivity index (χ4v) is 1.03. The fraction of sp³-hybridized carbons (Fsp3) is 0.200. The van der Waals surface area contributed by atoms with Gasteiger partial charge in [0.2, 0.25) is 5.75 Å². The predicted molar refractivity (Wildman–Crippen MR) is 54.4 cm³/mol. The lowest BCUT2D eigenvalue weighted by atomic mass is 10.2. The molecule has 0 saturated carbocycles. The Balaban J connectivity index is 3.12. The summed E-state index contributed by atoms with van der Waals surface area (Å²) in [6, 6.07) is 3.64. The second-order valence-corrected chi connectivity index (χ2v) is 2.93. The highest BCUT2D eigenvalue weighted by Crippen LogP contribution is 2.27. The van der Waals surface area contributed by atoms with Crippen LogP contribution in [0.2, 0.25) is 0 Å². The molecule has 0 aromatic heterocycles. The Bertz CT molecular complexity index is 441. The van der Waals surface area contributed by atoms with E-state index >= 15 is 0 Å². The number of carbonyl (C=O) groups excluding carboxylic acids is 2. The van der Waals surface area contributed by atoms with Crippen LogP contribution >= 0.6 is 0 Å². The molecule has 6 nitrogen and oxygen atoms in total. The third-order valence-corrected chi connectivity index (χ3v) is 1.83. The van der Waals surface area contributed by atoms with E-state index in [1.807, 2.05) is 0 Å². The van der Waals surface area contributed by atoms with E-state index in [2.05, 4.69) is 0 Å². The summed E-state index contributed by atoms with van der Waals surface area (Å²) >= 11 is 0. The largest absolute Gasteiger partial charge is 0.419 e. The van der Waals surface area contributed by atoms with E-state index in [0.717, 1.165) is 6.07 Å². The van der Waals surface area contributed by atoms with E-state index < -0.39 is 16.6 Å². The van der Waals surface area contributed by atoms with Gasteiger partial charge in [-0.3, -0.25) is 19.7 Å². The topological polar surface area (TPSA) is 86.5 Å². The number of nitro benzene ring substituents is 1. The van der Waals surface area contributed by atoms with Gasteiger partial charge >= 0.3 is 11.7 Å². The number of hydrogen-bond acceptors (Lipinski definition) is 5. The molecule has 16 heavy (non-hydrogen) atoms. The van der Waals surface area contributed by atoms with E-state index in [1.54, 1.807) is 6.92 Å². The average Bonchev–Trinajstić information content (AvgIpc) is 2.29. The maximum absolute atomic E-state index is 11.0. The highest BCUT2D eigenvalue weighted by molar-refractivity contribution is 5.79. The van der Waals surface area contributed by atoms with Crippen molar-refractivity contribution in [2.45, 2.75) is 13.3 Å². The highest BCUT2D eigenvalue weighted by Gasteiger charge is 2.17. The zero-order valence-corrected chi connectivity index (χ0v) is 8.50. The summed E-state index contributed by atoms with van der Waals surface area (Å²) in [5.74, 6) is -0.718. The van der Waals surface area contributed by atoms with Crippen LogP contribution in [-0.4, -0.2) is 17.2 Å². The molecule has 0 unspecified atom stereocenters. The molecule has 0 saturated heterocycles. The average molecular weight is 223 g/mol. The summed E-state index contributed by atoms with van der Waals surface area (Å²) in [6.07, 6.45) is 0.602. The molecule has 0 N–H and O–H groups in total. The van der Waals surface area contributed by atoms with E-state index in [9.17, 15) is 19.7 Å². The number of benzene rings is 1. The van der Waals surface area contributed by atoms with Crippen LogP contribution in [0.25, 0.3) is 0 Å². The summed E-state index contributed by atoms with van der Waals surface area (Å²) in [5, 5.41) is 10.7. The van der Waals surface area contributed by atoms with Crippen molar-refractivity contribution in [3.05, 3.63) is 33.9 Å². The Labute approximate surface area is 91.0 Å². The Morgan fingerprint density at radius 3 is 2.75 bits per heavy atom. The molecule has 0 radical (unpaired) electrons. The number of nitrogens with zero attached hydrogens (tertiary/aromatic N) is 1. The van der Waals surface area contributed by atoms with Crippen LogP contribution in [0, 0.1) is 10.1 Å². The maximum atomic E-state index is 11.0. The lowest BCUT2D eigenvalue weighted by Gasteiger charge is -2.03. The molecule has 0 aliphatic rings. The number of hydrogen-bond donors (Lipinski definition) is 0. The zero-order valence-electron chi connectivity index (χ0n) is 8.50. The zero-order chi connectivity index (χ0) is 12.1. The predicted octanol–water partition coefficient (Wildman–Crippen LogP) is 1.72. The quantitative estimate of drug-likeness (QED) is 0.255. The summed E-state index contributed by atoms with van der Waals surface area (Å²) in [7, 11) is 0. The number of carbonyl (C=O) groups is 2. The molecular weight excluding hydrogens is 214 g/mol. The molecule has 6 heteroatoms. The van der Waals surface area contributed by atoms with Crippen molar-refractivity contribution in [2.75, 3.05) is 0 Å². The third kappa shape index (κ3) is 2.63. The maximum Gasteiger partial charge on any atom is 0.312 e. The fourth-order valence-electron chi connectivity index (χ4n) is 1.03. The van der Waals surface area contributed by atoms with Gasteiger partial charge in [-0.2, -0.15) is 0 Å². The van der Waals surface area contributed by atoms with Crippen molar-refractivity contribution in [3.8, 4) is 5.75 Å². The Morgan fingerprint density at radius 2 is 2.25 bits per heavy atom. The Kier molecular flexibility index (Phi) is 3.71. The lowest BCUT2D eigenvalue weighted by molar-refractivity contribution is -0.385. The lowest BCUT2D eigenvalue weighted by Crippen LogP contribution is -2.07. The van der Waals surface area contributed by atoms with Crippen molar-refractivity contribution in [1.82, 2.24) is 0 Å². The number of nitro groups is 1. The molecule has 1 aromatic carbocycles. The molecule has 0 spiro atoms. The molecule has 0 aliphatic carbocycles. The number of aldehydes is 1. The first-order valence-electron chi connectivity index (χ1n) is 4.52. The van der Waals surface area contributed by atoms with Gasteiger partial charge in [0.25, 0.3) is 0 Å². The van der Waals surface area contributed by atoms with Crippen LogP contribution in [0.5, 0.6) is 5.75 Å². The van der Waals surface area contributed by atoms with Gasteiger partial charge in [0.1, 0.15) is 6.29 Å². The molecule has 0 fully saturated rings. The molecule has 0 amide bonds. The van der Waals surface area contributed by atoms with Gasteiger partial charge in [-0.25, -0.2) is 0 Å². The van der Waals surface area contributed by atoms with Crippen LogP contribution in [0.15, 0.2) is 18.2 Å². The first-order chi connectivity index (χ1) is 7.58. The van der Waals surface area contributed by atoms with Gasteiger partial charge in [-0.15, -0.1) is 0 Å². The van der Waals surface area contributed by atoms with Crippen molar-refractivity contribution in [2.24, 2.45) is 0 Å². The number of rotatable bonds is 4. The second kappa shape index (κ2) is 5.01. The summed E-state index contributed by atoms with van der Waals surface area (Å²) in [6.45, 7) is 1.58. The van der Waals surface area contributed by atoms with E-state index in [1.165, 1.54) is 12.1 Å². The van der Waals surface area contributed by atoms with E-state index in [4.69, 9.17) is 4.74 Å². The van der Waals surface area contributed by atoms with Crippen LogP contribution in [0.1, 0.15) is 23.7 Å². The SMILES string of the molecule is CCC(=O)Oc1ccc(C=O)cc1[N+](=O)[O-]. The van der Waals surface area contributed by atoms with Crippen molar-refractivity contribution >= 4 is 17.9 Å². The van der Waals surface area contributed by atoms with Crippen molar-refractivity contribution < 1.29 is 19.2 Å². The normalized spacial score (nSPS) is 9.56. The minimum atomic E-state index is -0.703. The van der Waals surface area contributed by atoms with Crippen LogP contribution in [0.4, 0.5) is 5.69 Å². The van der Waals surface area contributed by atoms with Crippen LogP contribution < -0.4 is 4.74 Å². The van der Waals surface area contributed by atoms with Gasteiger partial charge in [-0.1, -0.05) is 6.92 Å². The van der Waals surface area contributed by atoms with Crippen molar-refractivity contribution in [1.29, 1.82) is 0 Å². The van der Waals surface area contributed by atoms with Gasteiger partial charge < -0.3 is 4.74 Å². The summed E-state index contributed by atoms with van der Waals surface area (Å²) < 4.78 is 4.76. The van der Waals surface area contributed by atoms with Gasteiger partial charge in [0, 0.05) is 18.1 Å². The van der Waals surface area contributed by atoms with E-state index in [-0.39, 0.29) is 17.7 Å². The molecular formula is C10H9NO5. The smallest absolute Gasteiger partial charge is 0.312 e. The Morgan fingerprint density at radius 1 is 1.56 bits per heavy atom. The molecule has 0 heterocycles. The highest BCUT2D eigenvalue weighted by atomic mass is 16.6. The van der Waals surface area contributed by atoms with Gasteiger partial charge in [0.15, 0.2) is 0 Å². The third-order valence-electron chi connectivity index (χ3n) is 1.83. The summed E-state index contributed by atoms with van der Waals surface area (Å²) in [4.78, 5) is 31.4. The van der Waals surface area contributed by atoms with Crippen molar-refractivity contribution in [3.63, 3.8) is 0 Å². The second-order valence-electron chi connectivity index (χ2n) is 2.93. The van der Waals surface area contributed by atoms with Crippen LogP contribution in [-0.2, 0) is 4.79 Å². The molecule has 84 valence electrons. The first kappa shape index (κ1) is 11.8. The van der Waals surface area contributed by atoms with Crippen LogP contribution in [0.3, 0.4) is 0 Å². The molecule has 0 bridgehead atoms. The Hall–Kier alpha value is -2.24. The summed E-state index contributed by atoms with van der Waals surface area (Å²) in [5.41, 5.74) is -0.241. The molecule has 0 aliphatic heterocycles.